The van der Waals surface area contributed by atoms with E-state index in [1.165, 1.54) is 0 Å². The normalized spacial score (nSPS) is 11.5. The minimum absolute atomic E-state index is 0.0987. The number of carbonyl (C=O) groups excluding carboxylic acids is 1. The maximum Gasteiger partial charge on any atom is 0.224 e. The third kappa shape index (κ3) is 8.11. The number of benzene rings is 1. The lowest BCUT2D eigenvalue weighted by atomic mass is 10.0. The first-order valence-electron chi connectivity index (χ1n) is 6.79. The summed E-state index contributed by atoms with van der Waals surface area (Å²) in [6.07, 6.45) is 4.08. The molecule has 1 rings (SSSR count). The van der Waals surface area contributed by atoms with Gasteiger partial charge in [0.05, 0.1) is 10.0 Å². The number of carbonyl (C=O) groups is 1. The van der Waals surface area contributed by atoms with Crippen LogP contribution in [0.1, 0.15) is 45.1 Å². The van der Waals surface area contributed by atoms with Crippen LogP contribution in [-0.2, 0) is 11.3 Å². The van der Waals surface area contributed by atoms with Crippen molar-refractivity contribution in [3.63, 3.8) is 0 Å². The molecule has 0 aliphatic rings. The van der Waals surface area contributed by atoms with Gasteiger partial charge in [-0.05, 0) is 42.1 Å². The number of hydrogen-bond acceptors (Lipinski definition) is 2. The molecule has 0 spiro atoms. The maximum atomic E-state index is 10.6. The van der Waals surface area contributed by atoms with E-state index in [9.17, 15) is 4.79 Å². The third-order valence-electron chi connectivity index (χ3n) is 2.94. The van der Waals surface area contributed by atoms with Gasteiger partial charge >= 0.3 is 0 Å². The molecule has 0 radical (unpaired) electrons. The fraction of sp³-hybridized carbons (Fsp3) is 0.533. The second kappa shape index (κ2) is 11.4. The van der Waals surface area contributed by atoms with Gasteiger partial charge in [0.15, 0.2) is 0 Å². The Morgan fingerprint density at radius 2 is 1.90 bits per heavy atom. The molecular weight excluding hydrogens is 317 g/mol. The molecular formula is C15H22Cl3NO. The highest BCUT2D eigenvalue weighted by molar-refractivity contribution is 6.63. The molecule has 1 aromatic rings. The van der Waals surface area contributed by atoms with E-state index in [0.717, 1.165) is 31.2 Å². The quantitative estimate of drug-likeness (QED) is 0.704. The van der Waals surface area contributed by atoms with Gasteiger partial charge in [-0.3, -0.25) is 4.79 Å². The van der Waals surface area contributed by atoms with E-state index < -0.39 is 0 Å². The van der Waals surface area contributed by atoms with Crippen molar-refractivity contribution >= 4 is 40.0 Å². The smallest absolute Gasteiger partial charge is 0.224 e. The Bertz CT molecular complexity index is 410. The summed E-state index contributed by atoms with van der Waals surface area (Å²) in [4.78, 5) is 10.6. The highest BCUT2D eigenvalue weighted by Gasteiger charge is 2.11. The zero-order chi connectivity index (χ0) is 15.5. The standard InChI is InChI=1S/C8H15ClO.C7H7Cl2N/c1-3-5-6-7(4-2)8(9)10;8-6-2-1-5(4-10)3-7(6)9/h7H,3-6H2,1-2H3;1-3H,4,10H2. The number of hydrogen-bond donors (Lipinski definition) is 1. The lowest BCUT2D eigenvalue weighted by molar-refractivity contribution is -0.115. The maximum absolute atomic E-state index is 10.6. The Morgan fingerprint density at radius 1 is 1.25 bits per heavy atom. The van der Waals surface area contributed by atoms with Crippen LogP contribution in [0.25, 0.3) is 0 Å². The molecule has 0 aliphatic heterocycles. The van der Waals surface area contributed by atoms with E-state index in [1.54, 1.807) is 12.1 Å². The van der Waals surface area contributed by atoms with Gasteiger partial charge in [-0.2, -0.15) is 0 Å². The topological polar surface area (TPSA) is 43.1 Å². The van der Waals surface area contributed by atoms with Crippen molar-refractivity contribution < 1.29 is 4.79 Å². The molecule has 20 heavy (non-hydrogen) atoms. The first-order chi connectivity index (χ1) is 9.46. The first kappa shape index (κ1) is 19.7. The molecule has 114 valence electrons. The average Bonchev–Trinajstić information content (AvgIpc) is 2.43. The zero-order valence-electron chi connectivity index (χ0n) is 12.0. The summed E-state index contributed by atoms with van der Waals surface area (Å²) >= 11 is 16.7. The van der Waals surface area contributed by atoms with Gasteiger partial charge < -0.3 is 5.73 Å². The fourth-order valence-electron chi connectivity index (χ4n) is 1.60. The number of rotatable bonds is 6. The van der Waals surface area contributed by atoms with Gasteiger partial charge in [0, 0.05) is 12.5 Å². The van der Waals surface area contributed by atoms with Crippen LogP contribution >= 0.6 is 34.8 Å². The lowest BCUT2D eigenvalue weighted by Gasteiger charge is -2.06. The summed E-state index contributed by atoms with van der Waals surface area (Å²) in [7, 11) is 0. The Hall–Kier alpha value is -0.280. The molecule has 0 aromatic heterocycles. The molecule has 2 N–H and O–H groups in total. The second-order valence-electron chi connectivity index (χ2n) is 4.50. The summed E-state index contributed by atoms with van der Waals surface area (Å²) < 4.78 is 0. The van der Waals surface area contributed by atoms with Gasteiger partial charge in [-0.1, -0.05) is 56.0 Å². The van der Waals surface area contributed by atoms with E-state index >= 15 is 0 Å². The second-order valence-corrected chi connectivity index (χ2v) is 5.69. The van der Waals surface area contributed by atoms with Crippen LogP contribution in [0, 0.1) is 5.92 Å². The van der Waals surface area contributed by atoms with Gasteiger partial charge in [0.2, 0.25) is 5.24 Å². The van der Waals surface area contributed by atoms with Crippen LogP contribution in [-0.4, -0.2) is 5.24 Å². The third-order valence-corrected chi connectivity index (χ3v) is 3.99. The van der Waals surface area contributed by atoms with Crippen molar-refractivity contribution in [2.45, 2.75) is 46.1 Å². The van der Waals surface area contributed by atoms with Crippen LogP contribution < -0.4 is 5.73 Å². The van der Waals surface area contributed by atoms with E-state index in [4.69, 9.17) is 40.5 Å². The van der Waals surface area contributed by atoms with Gasteiger partial charge in [-0.15, -0.1) is 0 Å². The number of halogens is 3. The summed E-state index contributed by atoms with van der Waals surface area (Å²) in [5.41, 5.74) is 6.36. The molecule has 1 aromatic carbocycles. The molecule has 0 saturated heterocycles. The Kier molecular flexibility index (Phi) is 11.2. The van der Waals surface area contributed by atoms with E-state index in [-0.39, 0.29) is 11.2 Å². The first-order valence-corrected chi connectivity index (χ1v) is 7.92. The predicted octanol–water partition coefficient (Wildman–Crippen LogP) is 5.42. The van der Waals surface area contributed by atoms with Crippen LogP contribution in [0.2, 0.25) is 10.0 Å². The van der Waals surface area contributed by atoms with Crippen molar-refractivity contribution in [1.29, 1.82) is 0 Å². The molecule has 2 nitrogen and oxygen atoms in total. The van der Waals surface area contributed by atoms with E-state index in [1.807, 2.05) is 13.0 Å². The van der Waals surface area contributed by atoms with E-state index in [0.29, 0.717) is 16.6 Å². The predicted molar refractivity (Wildman–Crippen MR) is 88.5 cm³/mol. The minimum Gasteiger partial charge on any atom is -0.326 e. The largest absolute Gasteiger partial charge is 0.326 e. The average molecular weight is 339 g/mol. The Labute approximate surface area is 136 Å². The monoisotopic (exact) mass is 337 g/mol. The van der Waals surface area contributed by atoms with Crippen molar-refractivity contribution in [1.82, 2.24) is 0 Å². The summed E-state index contributed by atoms with van der Waals surface area (Å²) in [5.74, 6) is 0.0987. The zero-order valence-corrected chi connectivity index (χ0v) is 14.2. The lowest BCUT2D eigenvalue weighted by Crippen LogP contribution is -2.06. The highest BCUT2D eigenvalue weighted by Crippen LogP contribution is 2.22. The van der Waals surface area contributed by atoms with Crippen molar-refractivity contribution in [2.24, 2.45) is 11.7 Å². The van der Waals surface area contributed by atoms with Crippen LogP contribution in [0.5, 0.6) is 0 Å². The molecule has 0 amide bonds. The van der Waals surface area contributed by atoms with Gasteiger partial charge in [0.25, 0.3) is 0 Å². The van der Waals surface area contributed by atoms with Crippen molar-refractivity contribution in [3.05, 3.63) is 33.8 Å². The molecule has 0 bridgehead atoms. The Balaban J connectivity index is 0.000000361. The van der Waals surface area contributed by atoms with Gasteiger partial charge in [0.1, 0.15) is 0 Å². The Morgan fingerprint density at radius 3 is 2.30 bits per heavy atom. The molecule has 0 saturated carbocycles. The number of nitrogens with two attached hydrogens (primary N) is 1. The highest BCUT2D eigenvalue weighted by atomic mass is 35.5. The molecule has 0 fully saturated rings. The summed E-state index contributed by atoms with van der Waals surface area (Å²) in [6.45, 7) is 4.61. The summed E-state index contributed by atoms with van der Waals surface area (Å²) in [5, 5.41) is 0.958. The van der Waals surface area contributed by atoms with Gasteiger partial charge in [-0.25, -0.2) is 0 Å². The molecule has 0 heterocycles. The number of unbranched alkanes of at least 4 members (excludes halogenated alkanes) is 1. The molecule has 1 atom stereocenters. The van der Waals surface area contributed by atoms with Crippen LogP contribution in [0.4, 0.5) is 0 Å². The van der Waals surface area contributed by atoms with Crippen molar-refractivity contribution in [2.75, 3.05) is 0 Å². The minimum atomic E-state index is -0.170. The molecule has 0 aliphatic carbocycles. The SMILES string of the molecule is CCCCC(CC)C(=O)Cl.NCc1ccc(Cl)c(Cl)c1. The van der Waals surface area contributed by atoms with Crippen molar-refractivity contribution in [3.8, 4) is 0 Å². The van der Waals surface area contributed by atoms with Crippen LogP contribution in [0.15, 0.2) is 18.2 Å². The van der Waals surface area contributed by atoms with Crippen LogP contribution in [0.3, 0.4) is 0 Å². The summed E-state index contributed by atoms with van der Waals surface area (Å²) in [6, 6.07) is 5.37. The van der Waals surface area contributed by atoms with E-state index in [2.05, 4.69) is 6.92 Å². The molecule has 1 unspecified atom stereocenters. The fourth-order valence-corrected chi connectivity index (χ4v) is 2.18. The molecule has 5 heteroatoms.